The minimum atomic E-state index is -0.510. The van der Waals surface area contributed by atoms with Crippen molar-refractivity contribution in [2.45, 2.75) is 6.92 Å². The molecule has 2 rings (SSSR count). The van der Waals surface area contributed by atoms with Gasteiger partial charge in [0.05, 0.1) is 11.4 Å². The molecule has 5 heteroatoms. The van der Waals surface area contributed by atoms with Gasteiger partial charge in [-0.25, -0.2) is 0 Å². The summed E-state index contributed by atoms with van der Waals surface area (Å²) in [7, 11) is 1.58. The molecule has 0 aliphatic rings. The van der Waals surface area contributed by atoms with Crippen LogP contribution in [0.2, 0.25) is 0 Å². The van der Waals surface area contributed by atoms with Crippen LogP contribution in [-0.2, 0) is 4.79 Å². The van der Waals surface area contributed by atoms with Gasteiger partial charge in [-0.1, -0.05) is 18.2 Å². The van der Waals surface area contributed by atoms with E-state index in [1.807, 2.05) is 31.2 Å². The highest BCUT2D eigenvalue weighted by Gasteiger charge is 2.19. The van der Waals surface area contributed by atoms with E-state index in [4.69, 9.17) is 5.73 Å². The Morgan fingerprint density at radius 2 is 2.00 bits per heavy atom. The summed E-state index contributed by atoms with van der Waals surface area (Å²) in [6.07, 6.45) is 0. The summed E-state index contributed by atoms with van der Waals surface area (Å²) >= 11 is 1.44. The highest BCUT2D eigenvalue weighted by Crippen LogP contribution is 2.31. The molecule has 0 radical (unpaired) electrons. The summed E-state index contributed by atoms with van der Waals surface area (Å²) in [5.74, 6) is -0.669. The summed E-state index contributed by atoms with van der Waals surface area (Å²) in [5.41, 5.74) is 6.05. The number of amides is 2. The third-order valence-corrected chi connectivity index (χ3v) is 4.04. The first-order valence-corrected chi connectivity index (χ1v) is 6.34. The average Bonchev–Trinajstić information content (AvgIpc) is 2.66. The lowest BCUT2D eigenvalue weighted by atomic mass is 10.1. The Morgan fingerprint density at radius 3 is 2.61 bits per heavy atom. The molecule has 94 valence electrons. The first-order chi connectivity index (χ1) is 8.50. The molecule has 0 aliphatic heterocycles. The van der Waals surface area contributed by atoms with Gasteiger partial charge in [0.1, 0.15) is 0 Å². The van der Waals surface area contributed by atoms with Gasteiger partial charge in [-0.3, -0.25) is 9.59 Å². The van der Waals surface area contributed by atoms with Crippen LogP contribution in [0.4, 0.5) is 0 Å². The summed E-state index contributed by atoms with van der Waals surface area (Å²) in [6.45, 7) is 1.86. The standard InChI is InChI=1S/C13H14N2O2S/c1-8-9-5-3-4-6-10(9)18-12(8)13(17)15(2)7-11(14)16/h3-6H,7H2,1-2H3,(H2,14,16). The molecule has 18 heavy (non-hydrogen) atoms. The second-order valence-electron chi connectivity index (χ2n) is 4.18. The van der Waals surface area contributed by atoms with Crippen LogP contribution in [0.15, 0.2) is 24.3 Å². The fraction of sp³-hybridized carbons (Fsp3) is 0.231. The average molecular weight is 262 g/mol. The molecule has 1 aromatic heterocycles. The number of likely N-dealkylation sites (N-methyl/N-ethyl adjacent to an activating group) is 1. The van der Waals surface area contributed by atoms with Crippen molar-refractivity contribution >= 4 is 33.2 Å². The Kier molecular flexibility index (Phi) is 3.34. The zero-order valence-corrected chi connectivity index (χ0v) is 11.1. The van der Waals surface area contributed by atoms with E-state index in [0.717, 1.165) is 15.6 Å². The molecule has 1 aromatic carbocycles. The lowest BCUT2D eigenvalue weighted by Gasteiger charge is -2.14. The molecular weight excluding hydrogens is 248 g/mol. The number of fused-ring (bicyclic) bond motifs is 1. The van der Waals surface area contributed by atoms with Crippen molar-refractivity contribution in [2.75, 3.05) is 13.6 Å². The van der Waals surface area contributed by atoms with E-state index in [-0.39, 0.29) is 12.5 Å². The van der Waals surface area contributed by atoms with Gasteiger partial charge >= 0.3 is 0 Å². The first-order valence-electron chi connectivity index (χ1n) is 5.52. The number of rotatable bonds is 3. The highest BCUT2D eigenvalue weighted by molar-refractivity contribution is 7.21. The van der Waals surface area contributed by atoms with Gasteiger partial charge in [0.2, 0.25) is 5.91 Å². The predicted molar refractivity (Wildman–Crippen MR) is 72.7 cm³/mol. The third-order valence-electron chi connectivity index (χ3n) is 2.78. The fourth-order valence-corrected chi connectivity index (χ4v) is 3.06. The molecular formula is C13H14N2O2S. The van der Waals surface area contributed by atoms with Crippen molar-refractivity contribution in [1.82, 2.24) is 4.90 Å². The summed E-state index contributed by atoms with van der Waals surface area (Å²) < 4.78 is 1.07. The van der Waals surface area contributed by atoms with Crippen LogP contribution in [0.25, 0.3) is 10.1 Å². The van der Waals surface area contributed by atoms with Crippen LogP contribution < -0.4 is 5.73 Å². The smallest absolute Gasteiger partial charge is 0.264 e. The fourth-order valence-electron chi connectivity index (χ4n) is 1.86. The van der Waals surface area contributed by atoms with E-state index in [9.17, 15) is 9.59 Å². The van der Waals surface area contributed by atoms with Crippen LogP contribution in [0, 0.1) is 6.92 Å². The minimum absolute atomic E-state index is 0.0630. The van der Waals surface area contributed by atoms with Gasteiger partial charge in [-0.2, -0.15) is 0 Å². The topological polar surface area (TPSA) is 63.4 Å². The van der Waals surface area contributed by atoms with Crippen molar-refractivity contribution in [3.63, 3.8) is 0 Å². The Balaban J connectivity index is 2.39. The van der Waals surface area contributed by atoms with Crippen LogP contribution in [0.1, 0.15) is 15.2 Å². The molecule has 0 saturated carbocycles. The zero-order valence-electron chi connectivity index (χ0n) is 10.3. The molecule has 0 unspecified atom stereocenters. The monoisotopic (exact) mass is 262 g/mol. The van der Waals surface area contributed by atoms with Gasteiger partial charge in [-0.05, 0) is 23.9 Å². The number of hydrogen-bond donors (Lipinski definition) is 1. The van der Waals surface area contributed by atoms with E-state index < -0.39 is 5.91 Å². The zero-order chi connectivity index (χ0) is 13.3. The second kappa shape index (κ2) is 4.78. The SMILES string of the molecule is Cc1c(C(=O)N(C)CC(N)=O)sc2ccccc12. The summed E-state index contributed by atoms with van der Waals surface area (Å²) in [4.78, 5) is 25.0. The van der Waals surface area contributed by atoms with Crippen molar-refractivity contribution in [2.24, 2.45) is 5.73 Å². The molecule has 2 amide bonds. The molecule has 4 nitrogen and oxygen atoms in total. The summed E-state index contributed by atoms with van der Waals surface area (Å²) in [5, 5.41) is 1.08. The Hall–Kier alpha value is -1.88. The lowest BCUT2D eigenvalue weighted by molar-refractivity contribution is -0.118. The number of nitrogens with zero attached hydrogens (tertiary/aromatic N) is 1. The molecule has 1 heterocycles. The number of benzene rings is 1. The molecule has 2 N–H and O–H groups in total. The van der Waals surface area contributed by atoms with Gasteiger partial charge in [0.25, 0.3) is 5.91 Å². The van der Waals surface area contributed by atoms with E-state index in [1.54, 1.807) is 7.05 Å². The maximum absolute atomic E-state index is 12.2. The van der Waals surface area contributed by atoms with Crippen LogP contribution in [-0.4, -0.2) is 30.3 Å². The first kappa shape index (κ1) is 12.6. The van der Waals surface area contributed by atoms with E-state index in [2.05, 4.69) is 0 Å². The Morgan fingerprint density at radius 1 is 1.33 bits per heavy atom. The van der Waals surface area contributed by atoms with Crippen molar-refractivity contribution < 1.29 is 9.59 Å². The van der Waals surface area contributed by atoms with Crippen molar-refractivity contribution in [3.8, 4) is 0 Å². The van der Waals surface area contributed by atoms with Crippen LogP contribution in [0.5, 0.6) is 0 Å². The number of thiophene rings is 1. The van der Waals surface area contributed by atoms with E-state index in [1.165, 1.54) is 16.2 Å². The minimum Gasteiger partial charge on any atom is -0.368 e. The van der Waals surface area contributed by atoms with E-state index >= 15 is 0 Å². The van der Waals surface area contributed by atoms with Crippen molar-refractivity contribution in [1.29, 1.82) is 0 Å². The quantitative estimate of drug-likeness (QED) is 0.916. The molecule has 0 bridgehead atoms. The Labute approximate surface area is 109 Å². The molecule has 0 atom stereocenters. The number of nitrogens with two attached hydrogens (primary N) is 1. The lowest BCUT2D eigenvalue weighted by Crippen LogP contribution is -2.35. The van der Waals surface area contributed by atoms with Crippen LogP contribution >= 0.6 is 11.3 Å². The van der Waals surface area contributed by atoms with Gasteiger partial charge in [0, 0.05) is 11.7 Å². The number of aryl methyl sites for hydroxylation is 1. The number of carbonyl (C=O) groups excluding carboxylic acids is 2. The second-order valence-corrected chi connectivity index (χ2v) is 5.23. The Bertz CT molecular complexity index is 618. The number of carbonyl (C=O) groups is 2. The van der Waals surface area contributed by atoms with Gasteiger partial charge in [-0.15, -0.1) is 11.3 Å². The van der Waals surface area contributed by atoms with Gasteiger partial charge < -0.3 is 10.6 Å². The van der Waals surface area contributed by atoms with Gasteiger partial charge in [0.15, 0.2) is 0 Å². The third kappa shape index (κ3) is 2.22. The van der Waals surface area contributed by atoms with Crippen LogP contribution in [0.3, 0.4) is 0 Å². The normalized spacial score (nSPS) is 10.6. The summed E-state index contributed by atoms with van der Waals surface area (Å²) in [6, 6.07) is 7.87. The molecule has 0 saturated heterocycles. The van der Waals surface area contributed by atoms with E-state index in [0.29, 0.717) is 4.88 Å². The molecule has 0 spiro atoms. The number of primary amides is 1. The molecule has 2 aromatic rings. The molecule has 0 aliphatic carbocycles. The van der Waals surface area contributed by atoms with Crippen molar-refractivity contribution in [3.05, 3.63) is 34.7 Å². The highest BCUT2D eigenvalue weighted by atomic mass is 32.1. The predicted octanol–water partition coefficient (Wildman–Crippen LogP) is 1.77. The maximum atomic E-state index is 12.2. The maximum Gasteiger partial charge on any atom is 0.264 e. The number of hydrogen-bond acceptors (Lipinski definition) is 3. The largest absolute Gasteiger partial charge is 0.368 e. The molecule has 0 fully saturated rings.